The number of amides is 3. The van der Waals surface area contributed by atoms with Gasteiger partial charge >= 0.3 is 30.0 Å². The number of anilines is 4. The minimum absolute atomic E-state index is 0.00961. The summed E-state index contributed by atoms with van der Waals surface area (Å²) in [7, 11) is 1.31. The van der Waals surface area contributed by atoms with Crippen molar-refractivity contribution in [1.82, 2.24) is 30.6 Å². The van der Waals surface area contributed by atoms with Crippen LogP contribution in [0.2, 0.25) is 5.02 Å². The quantitative estimate of drug-likeness (QED) is 0.102. The minimum atomic E-state index is -4.65. The van der Waals surface area contributed by atoms with Crippen molar-refractivity contribution >= 4 is 58.6 Å². The Morgan fingerprint density at radius 2 is 1.65 bits per heavy atom. The molecular formula is C32H29ClF3N9O7. The number of aromatic nitrogens is 4. The van der Waals surface area contributed by atoms with E-state index in [-0.39, 0.29) is 29.0 Å². The second-order valence-electron chi connectivity index (χ2n) is 11.2. The van der Waals surface area contributed by atoms with Crippen LogP contribution in [0.5, 0.6) is 11.9 Å². The fourth-order valence-electron chi connectivity index (χ4n) is 4.65. The van der Waals surface area contributed by atoms with Crippen molar-refractivity contribution < 1.29 is 46.9 Å². The molecule has 4 aromatic rings. The number of carbonyl (C=O) groups excluding carboxylic acids is 3. The molecule has 272 valence electrons. The number of hydrogen-bond acceptors (Lipinski definition) is 12. The summed E-state index contributed by atoms with van der Waals surface area (Å²) in [5.74, 6) is -4.81. The van der Waals surface area contributed by atoms with Gasteiger partial charge in [0.2, 0.25) is 17.8 Å². The van der Waals surface area contributed by atoms with Crippen molar-refractivity contribution in [2.75, 3.05) is 36.2 Å². The van der Waals surface area contributed by atoms with E-state index in [0.29, 0.717) is 23.6 Å². The zero-order valence-electron chi connectivity index (χ0n) is 27.0. The van der Waals surface area contributed by atoms with Crippen LogP contribution < -0.4 is 36.1 Å². The first kappa shape index (κ1) is 37.0. The number of ether oxygens (including phenoxy) is 2. The van der Waals surface area contributed by atoms with Crippen molar-refractivity contribution in [3.05, 3.63) is 83.0 Å². The lowest BCUT2D eigenvalue weighted by molar-refractivity contribution is -0.154. The molecule has 52 heavy (non-hydrogen) atoms. The molecule has 0 bridgehead atoms. The van der Waals surface area contributed by atoms with Crippen LogP contribution in [0.4, 0.5) is 36.4 Å². The number of carbonyl (C=O) groups is 4. The van der Waals surface area contributed by atoms with Gasteiger partial charge in [-0.15, -0.1) is 0 Å². The highest BCUT2D eigenvalue weighted by atomic mass is 35.5. The van der Waals surface area contributed by atoms with Crippen molar-refractivity contribution in [3.8, 4) is 11.9 Å². The Labute approximate surface area is 297 Å². The monoisotopic (exact) mass is 743 g/mol. The predicted octanol–water partition coefficient (Wildman–Crippen LogP) is 3.65. The van der Waals surface area contributed by atoms with Crippen LogP contribution in [-0.4, -0.2) is 81.2 Å². The molecule has 1 aliphatic carbocycles. The van der Waals surface area contributed by atoms with Gasteiger partial charge in [-0.25, -0.2) is 9.78 Å². The number of alkyl halides is 3. The maximum absolute atomic E-state index is 12.9. The summed E-state index contributed by atoms with van der Waals surface area (Å²) in [6, 6.07) is 13.2. The molecule has 20 heteroatoms. The first-order valence-electron chi connectivity index (χ1n) is 15.2. The fourth-order valence-corrected chi connectivity index (χ4v) is 4.78. The van der Waals surface area contributed by atoms with E-state index in [0.717, 1.165) is 5.56 Å². The first-order valence-corrected chi connectivity index (χ1v) is 15.6. The summed E-state index contributed by atoms with van der Waals surface area (Å²) in [6.45, 7) is -2.28. The number of aliphatic carboxylic acids is 1. The molecule has 0 aliphatic heterocycles. The Morgan fingerprint density at radius 3 is 2.29 bits per heavy atom. The van der Waals surface area contributed by atoms with Crippen molar-refractivity contribution in [3.63, 3.8) is 0 Å². The Balaban J connectivity index is 1.22. The molecule has 6 N–H and O–H groups in total. The van der Waals surface area contributed by atoms with Gasteiger partial charge in [0, 0.05) is 29.0 Å². The largest absolute Gasteiger partial charge is 0.480 e. The van der Waals surface area contributed by atoms with Gasteiger partial charge in [0.1, 0.15) is 11.7 Å². The van der Waals surface area contributed by atoms with Crippen LogP contribution in [0.1, 0.15) is 28.8 Å². The van der Waals surface area contributed by atoms with E-state index in [1.54, 1.807) is 12.1 Å². The van der Waals surface area contributed by atoms with Crippen LogP contribution in [0.25, 0.3) is 0 Å². The van der Waals surface area contributed by atoms with Gasteiger partial charge in [0.05, 0.1) is 12.6 Å². The molecule has 2 aromatic heterocycles. The number of methoxy groups -OCH3 is 1. The van der Waals surface area contributed by atoms with E-state index in [2.05, 4.69) is 46.5 Å². The average molecular weight is 744 g/mol. The Morgan fingerprint density at radius 1 is 0.962 bits per heavy atom. The summed E-state index contributed by atoms with van der Waals surface area (Å²) in [5, 5.41) is 22.8. The number of nitrogens with zero attached hydrogens (tertiary/aromatic N) is 4. The van der Waals surface area contributed by atoms with Crippen LogP contribution >= 0.6 is 11.6 Å². The standard InChI is InChI=1S/C32H29ClF3N9O7/c1-51-26-21(3-2-14-37-26)40-25(48)24(47)38-15-22(27(49)50)41-23(46)17-4-10-20(11-5-17)39-28-42-29(44-30(43-28)52-16-32(34,35)36)45-31(12-13-31)18-6-8-19(33)9-7-18/h2-11,14,22H,12-13,15-16H2,1H3,(H,38,47)(H,40,48)(H,41,46)(H,49,50)(H2,39,42,43,44,45)/t22-/m0/s1. The van der Waals surface area contributed by atoms with Gasteiger partial charge in [-0.1, -0.05) is 23.7 Å². The number of pyridine rings is 1. The number of nitrogens with one attached hydrogen (secondary N) is 5. The zero-order chi connectivity index (χ0) is 37.5. The molecule has 1 saturated carbocycles. The lowest BCUT2D eigenvalue weighted by atomic mass is 10.1. The number of halogens is 4. The molecule has 2 heterocycles. The SMILES string of the molecule is COc1ncccc1NC(=O)C(=O)NC[C@H](NC(=O)c1ccc(Nc2nc(NC3(c4ccc(Cl)cc4)CC3)nc(OCC(F)(F)F)n2)cc1)C(=O)O. The molecular weight excluding hydrogens is 715 g/mol. The lowest BCUT2D eigenvalue weighted by Gasteiger charge is -2.19. The second kappa shape index (κ2) is 15.8. The maximum Gasteiger partial charge on any atom is 0.422 e. The van der Waals surface area contributed by atoms with Crippen molar-refractivity contribution in [2.45, 2.75) is 30.6 Å². The van der Waals surface area contributed by atoms with Crippen LogP contribution in [-0.2, 0) is 19.9 Å². The van der Waals surface area contributed by atoms with Gasteiger partial charge in [-0.2, -0.15) is 28.1 Å². The topological polar surface area (TPSA) is 219 Å². The fraction of sp³-hybridized carbons (Fsp3) is 0.250. The van der Waals surface area contributed by atoms with Gasteiger partial charge < -0.3 is 41.2 Å². The highest BCUT2D eigenvalue weighted by Crippen LogP contribution is 2.48. The van der Waals surface area contributed by atoms with E-state index in [1.165, 1.54) is 49.7 Å². The smallest absolute Gasteiger partial charge is 0.422 e. The van der Waals surface area contributed by atoms with Gasteiger partial charge in [-0.05, 0) is 66.9 Å². The Kier molecular flexibility index (Phi) is 11.2. The molecule has 0 unspecified atom stereocenters. The van der Waals surface area contributed by atoms with Crippen LogP contribution in [0, 0.1) is 0 Å². The maximum atomic E-state index is 12.9. The molecule has 1 atom stereocenters. The minimum Gasteiger partial charge on any atom is -0.480 e. The highest BCUT2D eigenvalue weighted by molar-refractivity contribution is 6.39. The molecule has 3 amide bonds. The molecule has 5 rings (SSSR count). The van der Waals surface area contributed by atoms with E-state index >= 15 is 0 Å². The van der Waals surface area contributed by atoms with Crippen molar-refractivity contribution in [2.24, 2.45) is 0 Å². The molecule has 2 aromatic carbocycles. The summed E-state index contributed by atoms with van der Waals surface area (Å²) < 4.78 is 48.5. The summed E-state index contributed by atoms with van der Waals surface area (Å²) in [6.07, 6.45) is -1.86. The Hall–Kier alpha value is -6.24. The summed E-state index contributed by atoms with van der Waals surface area (Å²) in [4.78, 5) is 65.4. The third kappa shape index (κ3) is 9.93. The summed E-state index contributed by atoms with van der Waals surface area (Å²) in [5.41, 5.74) is 0.715. The average Bonchev–Trinajstić information content (AvgIpc) is 3.89. The third-order valence-electron chi connectivity index (χ3n) is 7.37. The van der Waals surface area contributed by atoms with Crippen LogP contribution in [0.15, 0.2) is 66.9 Å². The number of carboxylic acid groups (broad SMARTS) is 1. The van der Waals surface area contributed by atoms with E-state index < -0.39 is 60.6 Å². The first-order chi connectivity index (χ1) is 24.7. The number of hydrogen-bond donors (Lipinski definition) is 6. The zero-order valence-corrected chi connectivity index (χ0v) is 27.7. The molecule has 0 saturated heterocycles. The molecule has 0 radical (unpaired) electrons. The summed E-state index contributed by atoms with van der Waals surface area (Å²) >= 11 is 6.01. The number of benzene rings is 2. The normalized spacial score (nSPS) is 13.6. The molecule has 1 fully saturated rings. The lowest BCUT2D eigenvalue weighted by Crippen LogP contribution is -2.50. The molecule has 16 nitrogen and oxygen atoms in total. The Bertz CT molecular complexity index is 1950. The van der Waals surface area contributed by atoms with Crippen molar-refractivity contribution in [1.29, 1.82) is 0 Å². The van der Waals surface area contributed by atoms with Gasteiger partial charge in [-0.3, -0.25) is 14.4 Å². The van der Waals surface area contributed by atoms with E-state index in [9.17, 15) is 37.5 Å². The van der Waals surface area contributed by atoms with E-state index in [4.69, 9.17) is 21.1 Å². The predicted molar refractivity (Wildman–Crippen MR) is 178 cm³/mol. The second-order valence-corrected chi connectivity index (χ2v) is 11.6. The van der Waals surface area contributed by atoms with Crippen LogP contribution in [0.3, 0.4) is 0 Å². The molecule has 0 spiro atoms. The molecule has 1 aliphatic rings. The van der Waals surface area contributed by atoms with Gasteiger partial charge in [0.25, 0.3) is 5.91 Å². The van der Waals surface area contributed by atoms with Gasteiger partial charge in [0.15, 0.2) is 6.61 Å². The van der Waals surface area contributed by atoms with E-state index in [1.807, 2.05) is 12.1 Å². The third-order valence-corrected chi connectivity index (χ3v) is 7.62. The number of carboxylic acids is 1. The highest BCUT2D eigenvalue weighted by Gasteiger charge is 2.45. The number of rotatable bonds is 14.